The van der Waals surface area contributed by atoms with Gasteiger partial charge in [0.15, 0.2) is 0 Å². The average Bonchev–Trinajstić information content (AvgIpc) is 3.74. The summed E-state index contributed by atoms with van der Waals surface area (Å²) in [6.07, 6.45) is 13.9. The SMILES string of the molecule is CC1CCCCN1CCCN.CC1CCCCN1CCCNC(=O)c1ccc(CNC(=O)NC2c3ccccc3CCc3ccccc32)c(Cl)c1.O=C(NCc1ccc(C(=O)O)cc1Cl)NC1c2ccccc2CCc2ccccc21. The first-order chi connectivity index (χ1) is 39.4. The molecular weight excluding hydrogens is 1060 g/mol. The predicted octanol–water partition coefficient (Wildman–Crippen LogP) is 12.0. The van der Waals surface area contributed by atoms with E-state index in [4.69, 9.17) is 34.0 Å². The number of nitrogens with zero attached hydrogens (tertiary/aromatic N) is 2. The molecule has 4 aliphatic rings. The van der Waals surface area contributed by atoms with E-state index in [0.717, 1.165) is 92.0 Å². The number of nitrogens with two attached hydrogens (primary N) is 1. The number of urea groups is 2. The maximum absolute atomic E-state index is 13.1. The molecule has 6 aromatic rings. The van der Waals surface area contributed by atoms with Crippen molar-refractivity contribution in [1.29, 1.82) is 0 Å². The molecule has 0 radical (unpaired) electrons. The minimum Gasteiger partial charge on any atom is -0.478 e. The second-order valence-electron chi connectivity index (χ2n) is 21.7. The summed E-state index contributed by atoms with van der Waals surface area (Å²) in [7, 11) is 0. The summed E-state index contributed by atoms with van der Waals surface area (Å²) < 4.78 is 0. The number of hydrogen-bond acceptors (Lipinski definition) is 7. The average molecular weight is 1140 g/mol. The van der Waals surface area contributed by atoms with Crippen molar-refractivity contribution in [1.82, 2.24) is 36.4 Å². The summed E-state index contributed by atoms with van der Waals surface area (Å²) in [5.74, 6) is -1.17. The number of carbonyl (C=O) groups excluding carboxylic acids is 3. The van der Waals surface area contributed by atoms with Crippen molar-refractivity contribution >= 4 is 47.1 Å². The Bertz CT molecular complexity index is 2990. The van der Waals surface area contributed by atoms with Crippen LogP contribution in [-0.4, -0.2) is 90.2 Å². The lowest BCUT2D eigenvalue weighted by atomic mass is 9.95. The number of carboxylic acids is 1. The zero-order valence-electron chi connectivity index (χ0n) is 47.0. The Morgan fingerprint density at radius 1 is 0.531 bits per heavy atom. The van der Waals surface area contributed by atoms with Crippen LogP contribution in [0.2, 0.25) is 10.0 Å². The van der Waals surface area contributed by atoms with Gasteiger partial charge in [-0.2, -0.15) is 0 Å². The lowest BCUT2D eigenvalue weighted by Crippen LogP contribution is -2.39. The van der Waals surface area contributed by atoms with Crippen LogP contribution < -0.4 is 32.3 Å². The smallest absolute Gasteiger partial charge is 0.335 e. The lowest BCUT2D eigenvalue weighted by molar-refractivity contribution is 0.0696. The molecule has 81 heavy (non-hydrogen) atoms. The topological polar surface area (TPSA) is 181 Å². The monoisotopic (exact) mass is 1130 g/mol. The van der Waals surface area contributed by atoms with E-state index in [-0.39, 0.29) is 48.7 Å². The molecular formula is C66H80Cl2N8O5. The molecule has 2 aliphatic heterocycles. The number of fused-ring (bicyclic) bond motifs is 4. The number of rotatable bonds is 15. The van der Waals surface area contributed by atoms with E-state index in [1.54, 1.807) is 18.2 Å². The normalized spacial score (nSPS) is 17.0. The van der Waals surface area contributed by atoms with E-state index in [1.165, 1.54) is 86.0 Å². The number of nitrogens with one attached hydrogen (secondary N) is 5. The standard InChI is InChI=1S/C33H39ClN4O2.C24H21ClN2O3.C9H20N2/c1-23-9-6-7-19-38(23)20-8-18-35-32(39)26-16-17-27(30(34)21-26)22-36-33(40)37-31-28-12-4-2-10-24(28)14-15-25-11-3-5-13-29(25)31;25-21-13-17(23(28)29)11-12-18(21)14-26-24(30)27-22-19-7-3-1-5-15(19)9-10-16-6-2-4-8-20(16)22;1-9-5-2-3-7-11(9)8-4-6-10/h2-5,10-13,16-17,21,23,31H,6-9,14-15,18-20,22H2,1H3,(H,35,39)(H2,36,37,40);1-8,11-13,22H,9-10,14H2,(H,28,29)(H2,26,27,30);9H,2-8,10H2,1H3. The molecule has 428 valence electrons. The molecule has 0 aromatic heterocycles. The van der Waals surface area contributed by atoms with Crippen LogP contribution in [0.25, 0.3) is 0 Å². The second-order valence-corrected chi connectivity index (χ2v) is 22.6. The van der Waals surface area contributed by atoms with E-state index in [2.05, 4.69) is 98.8 Å². The third-order valence-electron chi connectivity index (χ3n) is 16.3. The Kier molecular flexibility index (Phi) is 22.6. The minimum absolute atomic E-state index is 0.111. The fraction of sp³-hybridized carbons (Fsp3) is 0.394. The number of amides is 5. The maximum Gasteiger partial charge on any atom is 0.335 e. The van der Waals surface area contributed by atoms with E-state index >= 15 is 0 Å². The summed E-state index contributed by atoms with van der Waals surface area (Å²) in [4.78, 5) is 54.6. The summed E-state index contributed by atoms with van der Waals surface area (Å²) in [5, 5.41) is 24.9. The van der Waals surface area contributed by atoms with Crippen LogP contribution in [0.5, 0.6) is 0 Å². The summed E-state index contributed by atoms with van der Waals surface area (Å²) in [5.41, 5.74) is 16.9. The van der Waals surface area contributed by atoms with Gasteiger partial charge >= 0.3 is 18.0 Å². The highest BCUT2D eigenvalue weighted by Gasteiger charge is 2.27. The Labute approximate surface area is 488 Å². The van der Waals surface area contributed by atoms with Gasteiger partial charge in [0.05, 0.1) is 17.6 Å². The Morgan fingerprint density at radius 2 is 0.926 bits per heavy atom. The molecule has 2 fully saturated rings. The van der Waals surface area contributed by atoms with Gasteiger partial charge in [-0.15, -0.1) is 0 Å². The fourth-order valence-corrected chi connectivity index (χ4v) is 12.1. The Balaban J connectivity index is 0.000000184. The molecule has 13 nitrogen and oxygen atoms in total. The second kappa shape index (κ2) is 30.4. The molecule has 0 saturated carbocycles. The Morgan fingerprint density at radius 3 is 1.32 bits per heavy atom. The van der Waals surface area contributed by atoms with Gasteiger partial charge < -0.3 is 47.2 Å². The van der Waals surface area contributed by atoms with Crippen molar-refractivity contribution in [3.05, 3.63) is 210 Å². The number of piperidine rings is 2. The highest BCUT2D eigenvalue weighted by molar-refractivity contribution is 6.32. The molecule has 6 aromatic carbocycles. The van der Waals surface area contributed by atoms with E-state index in [9.17, 15) is 19.2 Å². The van der Waals surface area contributed by atoms with Gasteiger partial charge in [0.1, 0.15) is 0 Å². The number of hydrogen-bond donors (Lipinski definition) is 7. The molecule has 2 unspecified atom stereocenters. The first kappa shape index (κ1) is 60.4. The summed E-state index contributed by atoms with van der Waals surface area (Å²) in [6, 6.07) is 43.1. The van der Waals surface area contributed by atoms with Crippen molar-refractivity contribution in [2.75, 3.05) is 39.3 Å². The highest BCUT2D eigenvalue weighted by Crippen LogP contribution is 2.34. The van der Waals surface area contributed by atoms with Crippen LogP contribution in [0, 0.1) is 0 Å². The number of likely N-dealkylation sites (tertiary alicyclic amines) is 2. The Hall–Kier alpha value is -6.74. The van der Waals surface area contributed by atoms with E-state index in [0.29, 0.717) is 33.8 Å². The number of carbonyl (C=O) groups is 4. The number of aryl methyl sites for hydroxylation is 4. The summed E-state index contributed by atoms with van der Waals surface area (Å²) >= 11 is 12.7. The van der Waals surface area contributed by atoms with Crippen LogP contribution in [0.3, 0.4) is 0 Å². The van der Waals surface area contributed by atoms with Crippen LogP contribution in [-0.2, 0) is 38.8 Å². The molecule has 2 heterocycles. The van der Waals surface area contributed by atoms with Crippen molar-refractivity contribution in [2.24, 2.45) is 5.73 Å². The first-order valence-electron chi connectivity index (χ1n) is 29.0. The van der Waals surface area contributed by atoms with Crippen molar-refractivity contribution in [2.45, 2.75) is 128 Å². The zero-order chi connectivity index (χ0) is 57.1. The van der Waals surface area contributed by atoms with Crippen molar-refractivity contribution in [3.63, 3.8) is 0 Å². The van der Waals surface area contributed by atoms with Gasteiger partial charge in [0.25, 0.3) is 5.91 Å². The third-order valence-corrected chi connectivity index (χ3v) is 17.0. The van der Waals surface area contributed by atoms with Gasteiger partial charge in [-0.1, -0.05) is 145 Å². The number of carboxylic acid groups (broad SMARTS) is 1. The molecule has 2 saturated heterocycles. The summed E-state index contributed by atoms with van der Waals surface area (Å²) in [6.45, 7) is 11.2. The molecule has 2 aliphatic carbocycles. The van der Waals surface area contributed by atoms with Crippen LogP contribution >= 0.6 is 23.2 Å². The van der Waals surface area contributed by atoms with Crippen LogP contribution in [0.15, 0.2) is 133 Å². The van der Waals surface area contributed by atoms with Gasteiger partial charge in [0.2, 0.25) is 0 Å². The zero-order valence-corrected chi connectivity index (χ0v) is 48.5. The van der Waals surface area contributed by atoms with Gasteiger partial charge in [-0.05, 0) is 184 Å². The molecule has 10 rings (SSSR count). The lowest BCUT2D eigenvalue weighted by Gasteiger charge is -2.33. The largest absolute Gasteiger partial charge is 0.478 e. The fourth-order valence-electron chi connectivity index (χ4n) is 11.6. The van der Waals surface area contributed by atoms with Crippen molar-refractivity contribution in [3.8, 4) is 0 Å². The molecule has 0 spiro atoms. The van der Waals surface area contributed by atoms with Gasteiger partial charge in [-0.25, -0.2) is 14.4 Å². The highest BCUT2D eigenvalue weighted by atomic mass is 35.5. The van der Waals surface area contributed by atoms with Gasteiger partial charge in [-0.3, -0.25) is 4.79 Å². The third kappa shape index (κ3) is 16.9. The molecule has 5 amide bonds. The minimum atomic E-state index is -1.04. The van der Waals surface area contributed by atoms with E-state index in [1.807, 2.05) is 54.6 Å². The number of aromatic carboxylic acids is 1. The predicted molar refractivity (Wildman–Crippen MR) is 325 cm³/mol. The molecule has 0 bridgehead atoms. The van der Waals surface area contributed by atoms with Gasteiger partial charge in [0, 0.05) is 53.9 Å². The quantitative estimate of drug-likeness (QED) is 0.0496. The van der Waals surface area contributed by atoms with Crippen molar-refractivity contribution < 1.29 is 24.3 Å². The van der Waals surface area contributed by atoms with E-state index < -0.39 is 5.97 Å². The first-order valence-corrected chi connectivity index (χ1v) is 29.8. The molecule has 8 N–H and O–H groups in total. The molecule has 2 atom stereocenters. The van der Waals surface area contributed by atoms with Crippen LogP contribution in [0.1, 0.15) is 154 Å². The maximum atomic E-state index is 13.1. The number of benzene rings is 6. The number of halogens is 2. The molecule has 15 heteroatoms. The van der Waals surface area contributed by atoms with Crippen LogP contribution in [0.4, 0.5) is 9.59 Å².